The van der Waals surface area contributed by atoms with Crippen LogP contribution < -0.4 is 5.32 Å². The van der Waals surface area contributed by atoms with Gasteiger partial charge >= 0.3 is 5.97 Å². The van der Waals surface area contributed by atoms with Crippen LogP contribution in [0.3, 0.4) is 0 Å². The molecule has 1 saturated heterocycles. The molecule has 0 unspecified atom stereocenters. The van der Waals surface area contributed by atoms with Crippen LogP contribution in [0.5, 0.6) is 0 Å². The van der Waals surface area contributed by atoms with Gasteiger partial charge in [0.05, 0.1) is 5.60 Å². The first-order chi connectivity index (χ1) is 11.7. The molecule has 1 aliphatic carbocycles. The van der Waals surface area contributed by atoms with E-state index in [9.17, 15) is 4.79 Å². The summed E-state index contributed by atoms with van der Waals surface area (Å²) in [5.74, 6) is -0.317. The maximum absolute atomic E-state index is 12.1. The van der Waals surface area contributed by atoms with Crippen molar-refractivity contribution in [2.45, 2.75) is 57.7 Å². The van der Waals surface area contributed by atoms with Crippen LogP contribution in [0.15, 0.2) is 22.9 Å². The SMILES string of the molecule is CC(C)(C)OC(=O)COC1(c2ccc(Br)nc2)CCC2(CC1)CNC2. The molecule has 3 rings (SSSR count). The normalized spacial score (nSPS) is 21.6. The fourth-order valence-corrected chi connectivity index (χ4v) is 3.98. The van der Waals surface area contributed by atoms with Crippen molar-refractivity contribution in [3.05, 3.63) is 28.5 Å². The van der Waals surface area contributed by atoms with Gasteiger partial charge in [0.15, 0.2) is 0 Å². The fraction of sp³-hybridized carbons (Fsp3) is 0.684. The van der Waals surface area contributed by atoms with Crippen LogP contribution in [0.2, 0.25) is 0 Å². The number of hydrogen-bond donors (Lipinski definition) is 1. The highest BCUT2D eigenvalue weighted by atomic mass is 79.9. The lowest BCUT2D eigenvalue weighted by Crippen LogP contribution is -2.57. The number of aromatic nitrogens is 1. The molecule has 0 radical (unpaired) electrons. The second kappa shape index (κ2) is 6.97. The van der Waals surface area contributed by atoms with Crippen molar-refractivity contribution in [2.75, 3.05) is 19.7 Å². The molecule has 1 N–H and O–H groups in total. The van der Waals surface area contributed by atoms with E-state index in [-0.39, 0.29) is 12.6 Å². The molecular weight excluding hydrogens is 384 g/mol. The molecule has 138 valence electrons. The first-order valence-corrected chi connectivity index (χ1v) is 9.70. The van der Waals surface area contributed by atoms with E-state index in [1.165, 1.54) is 0 Å². The van der Waals surface area contributed by atoms with Gasteiger partial charge in [-0.15, -0.1) is 0 Å². The summed E-state index contributed by atoms with van der Waals surface area (Å²) in [6.45, 7) is 7.76. The Hall–Kier alpha value is -0.980. The van der Waals surface area contributed by atoms with Gasteiger partial charge in [0.1, 0.15) is 16.8 Å². The van der Waals surface area contributed by atoms with Gasteiger partial charge < -0.3 is 14.8 Å². The van der Waals surface area contributed by atoms with Crippen molar-refractivity contribution in [3.63, 3.8) is 0 Å². The van der Waals surface area contributed by atoms with E-state index in [0.29, 0.717) is 5.41 Å². The third kappa shape index (κ3) is 4.41. The maximum Gasteiger partial charge on any atom is 0.332 e. The maximum atomic E-state index is 12.1. The fourth-order valence-electron chi connectivity index (χ4n) is 3.75. The van der Waals surface area contributed by atoms with Gasteiger partial charge in [-0.25, -0.2) is 9.78 Å². The van der Waals surface area contributed by atoms with Crippen LogP contribution in [-0.4, -0.2) is 36.3 Å². The van der Waals surface area contributed by atoms with Crippen LogP contribution in [0.25, 0.3) is 0 Å². The summed E-state index contributed by atoms with van der Waals surface area (Å²) in [7, 11) is 0. The highest BCUT2D eigenvalue weighted by Gasteiger charge is 2.47. The van der Waals surface area contributed by atoms with Gasteiger partial charge in [0, 0.05) is 24.8 Å². The number of halogens is 1. The highest BCUT2D eigenvalue weighted by Crippen LogP contribution is 2.49. The number of pyridine rings is 1. The quantitative estimate of drug-likeness (QED) is 0.607. The molecule has 1 aliphatic heterocycles. The lowest BCUT2D eigenvalue weighted by molar-refractivity contribution is -0.173. The van der Waals surface area contributed by atoms with Crippen LogP contribution in [0, 0.1) is 5.41 Å². The van der Waals surface area contributed by atoms with Gasteiger partial charge in [-0.1, -0.05) is 6.07 Å². The minimum atomic E-state index is -0.499. The lowest BCUT2D eigenvalue weighted by atomic mass is 9.64. The average Bonchev–Trinajstić information content (AvgIpc) is 2.51. The second-order valence-electron chi connectivity index (χ2n) is 8.34. The van der Waals surface area contributed by atoms with Crippen molar-refractivity contribution in [1.82, 2.24) is 10.3 Å². The average molecular weight is 411 g/mol. The van der Waals surface area contributed by atoms with Gasteiger partial charge in [-0.2, -0.15) is 0 Å². The predicted molar refractivity (Wildman–Crippen MR) is 99.2 cm³/mol. The van der Waals surface area contributed by atoms with Crippen LogP contribution >= 0.6 is 15.9 Å². The molecule has 0 amide bonds. The number of rotatable bonds is 4. The van der Waals surface area contributed by atoms with Crippen molar-refractivity contribution >= 4 is 21.9 Å². The van der Waals surface area contributed by atoms with E-state index in [1.807, 2.05) is 39.1 Å². The highest BCUT2D eigenvalue weighted by molar-refractivity contribution is 9.10. The molecule has 25 heavy (non-hydrogen) atoms. The molecule has 0 atom stereocenters. The molecule has 0 aromatic carbocycles. The lowest BCUT2D eigenvalue weighted by Gasteiger charge is -2.51. The number of nitrogens with one attached hydrogen (secondary N) is 1. The monoisotopic (exact) mass is 410 g/mol. The van der Waals surface area contributed by atoms with Crippen LogP contribution in [0.4, 0.5) is 0 Å². The molecule has 5 nitrogen and oxygen atoms in total. The molecular formula is C19H27BrN2O3. The second-order valence-corrected chi connectivity index (χ2v) is 9.16. The zero-order valence-corrected chi connectivity index (χ0v) is 16.8. The van der Waals surface area contributed by atoms with Gasteiger partial charge in [-0.05, 0) is 73.9 Å². The first kappa shape index (κ1) is 18.8. The zero-order valence-electron chi connectivity index (χ0n) is 15.2. The number of hydrogen-bond acceptors (Lipinski definition) is 5. The van der Waals surface area contributed by atoms with Gasteiger partial charge in [0.2, 0.25) is 0 Å². The summed E-state index contributed by atoms with van der Waals surface area (Å²) >= 11 is 3.39. The van der Waals surface area contributed by atoms with Gasteiger partial charge in [-0.3, -0.25) is 0 Å². The Morgan fingerprint density at radius 1 is 1.24 bits per heavy atom. The minimum Gasteiger partial charge on any atom is -0.458 e. The summed E-state index contributed by atoms with van der Waals surface area (Å²) in [5.41, 5.74) is 0.509. The summed E-state index contributed by atoms with van der Waals surface area (Å²) in [4.78, 5) is 16.5. The smallest absolute Gasteiger partial charge is 0.332 e. The van der Waals surface area contributed by atoms with Crippen LogP contribution in [-0.2, 0) is 19.9 Å². The molecule has 1 spiro atoms. The van der Waals surface area contributed by atoms with Crippen molar-refractivity contribution in [1.29, 1.82) is 0 Å². The third-order valence-electron chi connectivity index (χ3n) is 5.26. The molecule has 1 saturated carbocycles. The zero-order chi connectivity index (χ0) is 18.1. The predicted octanol–water partition coefficient (Wildman–Crippen LogP) is 3.56. The molecule has 2 heterocycles. The van der Waals surface area contributed by atoms with E-state index in [1.54, 1.807) is 0 Å². The number of ether oxygens (including phenoxy) is 2. The van der Waals surface area contributed by atoms with E-state index < -0.39 is 11.2 Å². The van der Waals surface area contributed by atoms with Crippen LogP contribution in [0.1, 0.15) is 52.0 Å². The summed E-state index contributed by atoms with van der Waals surface area (Å²) in [6.07, 6.45) is 5.87. The van der Waals surface area contributed by atoms with Crippen molar-refractivity contribution in [2.24, 2.45) is 5.41 Å². The minimum absolute atomic E-state index is 0.0292. The Balaban J connectivity index is 1.73. The Morgan fingerprint density at radius 3 is 2.40 bits per heavy atom. The number of carbonyl (C=O) groups excluding carboxylic acids is 1. The number of carbonyl (C=O) groups is 1. The Bertz CT molecular complexity index is 611. The standard InChI is InChI=1S/C19H27BrN2O3/c1-17(2,3)25-16(23)11-24-19(14-4-5-15(20)22-10-14)8-6-18(7-9-19)12-21-13-18/h4-5,10,21H,6-9,11-13H2,1-3H3. The van der Waals surface area contributed by atoms with E-state index in [4.69, 9.17) is 9.47 Å². The molecule has 2 fully saturated rings. The van der Waals surface area contributed by atoms with Crippen molar-refractivity contribution < 1.29 is 14.3 Å². The Labute approximate surface area is 158 Å². The topological polar surface area (TPSA) is 60.5 Å². The number of nitrogens with zero attached hydrogens (tertiary/aromatic N) is 1. The molecule has 1 aromatic rings. The molecule has 2 aliphatic rings. The third-order valence-corrected chi connectivity index (χ3v) is 5.73. The number of esters is 1. The van der Waals surface area contributed by atoms with E-state index in [0.717, 1.165) is 48.9 Å². The molecule has 1 aromatic heterocycles. The van der Waals surface area contributed by atoms with E-state index in [2.05, 4.69) is 26.2 Å². The summed E-state index contributed by atoms with van der Waals surface area (Å²) in [6, 6.07) is 3.98. The van der Waals surface area contributed by atoms with Gasteiger partial charge in [0.25, 0.3) is 0 Å². The molecule has 0 bridgehead atoms. The van der Waals surface area contributed by atoms with E-state index >= 15 is 0 Å². The Kier molecular flexibility index (Phi) is 5.24. The summed E-state index contributed by atoms with van der Waals surface area (Å²) in [5, 5.41) is 3.39. The van der Waals surface area contributed by atoms with Crippen molar-refractivity contribution in [3.8, 4) is 0 Å². The Morgan fingerprint density at radius 2 is 1.92 bits per heavy atom. The first-order valence-electron chi connectivity index (χ1n) is 8.91. The summed E-state index contributed by atoms with van der Waals surface area (Å²) < 4.78 is 12.4. The molecule has 6 heteroatoms. The largest absolute Gasteiger partial charge is 0.458 e.